The largest absolute Gasteiger partial charge is 0.456 e. The molecule has 2 heteroatoms. The van der Waals surface area contributed by atoms with Crippen LogP contribution >= 0.6 is 22.6 Å². The molecular formula is C48H31IO. The number of fused-ring (bicyclic) bond motifs is 7. The zero-order valence-corrected chi connectivity index (χ0v) is 29.4. The fourth-order valence-electron chi connectivity index (χ4n) is 7.16. The maximum atomic E-state index is 6.71. The smallest absolute Gasteiger partial charge is 0.135 e. The molecule has 8 aromatic rings. The SMILES string of the molecule is C=C/C(=C\I)c1ccc2cc(-c3ccc4c(c3)-c3ccccc3-c3cc(-c5ccc6cc(-c7ccccc7)ccc6c5)ccc3O4)ccc2c1. The third kappa shape index (κ3) is 5.42. The fourth-order valence-corrected chi connectivity index (χ4v) is 7.77. The van der Waals surface area contributed by atoms with Crippen molar-refractivity contribution in [1.82, 2.24) is 0 Å². The first-order valence-electron chi connectivity index (χ1n) is 16.8. The van der Waals surface area contributed by atoms with Gasteiger partial charge in [0.05, 0.1) is 0 Å². The summed E-state index contributed by atoms with van der Waals surface area (Å²) >= 11 is 2.28. The summed E-state index contributed by atoms with van der Waals surface area (Å²) in [6.07, 6.45) is 1.90. The van der Waals surface area contributed by atoms with Crippen LogP contribution in [0.15, 0.2) is 181 Å². The van der Waals surface area contributed by atoms with E-state index >= 15 is 0 Å². The minimum absolute atomic E-state index is 0.862. The number of allylic oxidation sites excluding steroid dienone is 2. The van der Waals surface area contributed by atoms with Gasteiger partial charge in [-0.2, -0.15) is 0 Å². The first-order valence-corrected chi connectivity index (χ1v) is 18.0. The highest BCUT2D eigenvalue weighted by atomic mass is 127. The van der Waals surface area contributed by atoms with Crippen LogP contribution in [0.3, 0.4) is 0 Å². The second-order valence-corrected chi connectivity index (χ2v) is 13.4. The molecule has 1 nitrogen and oxygen atoms in total. The van der Waals surface area contributed by atoms with E-state index in [1.165, 1.54) is 60.5 Å². The van der Waals surface area contributed by atoms with E-state index in [9.17, 15) is 0 Å². The van der Waals surface area contributed by atoms with Gasteiger partial charge in [-0.15, -0.1) is 0 Å². The molecule has 1 aliphatic heterocycles. The molecule has 9 rings (SSSR count). The maximum Gasteiger partial charge on any atom is 0.135 e. The summed E-state index contributed by atoms with van der Waals surface area (Å²) in [4.78, 5) is 0. The molecule has 50 heavy (non-hydrogen) atoms. The van der Waals surface area contributed by atoms with Crippen molar-refractivity contribution in [3.8, 4) is 67.1 Å². The summed E-state index contributed by atoms with van der Waals surface area (Å²) in [7, 11) is 0. The minimum atomic E-state index is 0.862. The van der Waals surface area contributed by atoms with Crippen molar-refractivity contribution in [2.24, 2.45) is 0 Å². The molecule has 0 bridgehead atoms. The molecule has 0 fully saturated rings. The van der Waals surface area contributed by atoms with Crippen molar-refractivity contribution in [1.29, 1.82) is 0 Å². The monoisotopic (exact) mass is 750 g/mol. The van der Waals surface area contributed by atoms with E-state index in [4.69, 9.17) is 4.74 Å². The third-order valence-electron chi connectivity index (χ3n) is 9.81. The molecule has 1 heterocycles. The average Bonchev–Trinajstić information content (AvgIpc) is 3.32. The normalized spacial score (nSPS) is 12.1. The molecule has 0 saturated heterocycles. The van der Waals surface area contributed by atoms with E-state index in [2.05, 4.69) is 197 Å². The van der Waals surface area contributed by atoms with Crippen LogP contribution in [-0.4, -0.2) is 0 Å². The second-order valence-electron chi connectivity index (χ2n) is 12.8. The van der Waals surface area contributed by atoms with Gasteiger partial charge in [0, 0.05) is 11.1 Å². The van der Waals surface area contributed by atoms with E-state index < -0.39 is 0 Å². The Morgan fingerprint density at radius 3 is 1.38 bits per heavy atom. The first-order chi connectivity index (χ1) is 24.6. The van der Waals surface area contributed by atoms with Gasteiger partial charge in [-0.25, -0.2) is 0 Å². The lowest BCUT2D eigenvalue weighted by atomic mass is 9.90. The molecule has 0 spiro atoms. The van der Waals surface area contributed by atoms with Gasteiger partial charge in [-0.3, -0.25) is 0 Å². The minimum Gasteiger partial charge on any atom is -0.456 e. The molecule has 0 atom stereocenters. The lowest BCUT2D eigenvalue weighted by Gasteiger charge is -2.13. The van der Waals surface area contributed by atoms with Crippen molar-refractivity contribution < 1.29 is 4.74 Å². The molecule has 0 saturated carbocycles. The lowest BCUT2D eigenvalue weighted by Crippen LogP contribution is -1.88. The zero-order valence-electron chi connectivity index (χ0n) is 27.2. The molecule has 1 aliphatic rings. The molecule has 236 valence electrons. The van der Waals surface area contributed by atoms with E-state index in [0.717, 1.165) is 39.3 Å². The number of rotatable bonds is 5. The van der Waals surface area contributed by atoms with Gasteiger partial charge in [0.1, 0.15) is 11.5 Å². The molecule has 0 amide bonds. The van der Waals surface area contributed by atoms with E-state index in [1.807, 2.05) is 6.08 Å². The summed E-state index contributed by atoms with van der Waals surface area (Å²) in [5.41, 5.74) is 14.0. The summed E-state index contributed by atoms with van der Waals surface area (Å²) in [6.45, 7) is 3.97. The Labute approximate surface area is 306 Å². The van der Waals surface area contributed by atoms with Gasteiger partial charge < -0.3 is 4.74 Å². The number of benzene rings is 8. The van der Waals surface area contributed by atoms with Crippen LogP contribution in [-0.2, 0) is 0 Å². The van der Waals surface area contributed by atoms with Crippen molar-refractivity contribution in [2.45, 2.75) is 0 Å². The highest BCUT2D eigenvalue weighted by Crippen LogP contribution is 2.49. The topological polar surface area (TPSA) is 9.23 Å². The number of halogens is 1. The second kappa shape index (κ2) is 12.6. The van der Waals surface area contributed by atoms with Crippen molar-refractivity contribution in [3.05, 3.63) is 186 Å². The van der Waals surface area contributed by atoms with Crippen molar-refractivity contribution in [3.63, 3.8) is 0 Å². The number of ether oxygens (including phenoxy) is 1. The summed E-state index contributed by atoms with van der Waals surface area (Å²) < 4.78 is 8.77. The third-order valence-corrected chi connectivity index (χ3v) is 10.5. The van der Waals surface area contributed by atoms with Crippen molar-refractivity contribution in [2.75, 3.05) is 0 Å². The van der Waals surface area contributed by atoms with Gasteiger partial charge in [0.25, 0.3) is 0 Å². The van der Waals surface area contributed by atoms with Gasteiger partial charge >= 0.3 is 0 Å². The maximum absolute atomic E-state index is 6.71. The molecule has 0 aliphatic carbocycles. The van der Waals surface area contributed by atoms with Gasteiger partial charge in [-0.1, -0.05) is 151 Å². The highest BCUT2D eigenvalue weighted by Gasteiger charge is 2.22. The highest BCUT2D eigenvalue weighted by molar-refractivity contribution is 14.1. The Balaban J connectivity index is 1.08. The quantitative estimate of drug-likeness (QED) is 0.126. The fraction of sp³-hybridized carbons (Fsp3) is 0. The Hall–Kier alpha value is -5.71. The lowest BCUT2D eigenvalue weighted by molar-refractivity contribution is 0.488. The predicted octanol–water partition coefficient (Wildman–Crippen LogP) is 14.4. The Morgan fingerprint density at radius 2 is 0.860 bits per heavy atom. The molecule has 0 radical (unpaired) electrons. The van der Waals surface area contributed by atoms with E-state index in [-0.39, 0.29) is 0 Å². The van der Waals surface area contributed by atoms with Crippen LogP contribution in [0, 0.1) is 0 Å². The van der Waals surface area contributed by atoms with Gasteiger partial charge in [0.2, 0.25) is 0 Å². The number of hydrogen-bond donors (Lipinski definition) is 0. The summed E-state index contributed by atoms with van der Waals surface area (Å²) in [5, 5.41) is 4.87. The van der Waals surface area contributed by atoms with Crippen LogP contribution in [0.4, 0.5) is 0 Å². The van der Waals surface area contributed by atoms with Crippen LogP contribution in [0.25, 0.3) is 82.8 Å². The average molecular weight is 751 g/mol. The first kappa shape index (κ1) is 30.4. The molecule has 8 aromatic carbocycles. The van der Waals surface area contributed by atoms with Gasteiger partial charge in [-0.05, 0) is 130 Å². The van der Waals surface area contributed by atoms with Crippen LogP contribution in [0.2, 0.25) is 0 Å². The predicted molar refractivity (Wildman–Crippen MR) is 221 cm³/mol. The Morgan fingerprint density at radius 1 is 0.420 bits per heavy atom. The van der Waals surface area contributed by atoms with Crippen LogP contribution < -0.4 is 4.74 Å². The number of hydrogen-bond acceptors (Lipinski definition) is 1. The van der Waals surface area contributed by atoms with Crippen LogP contribution in [0.5, 0.6) is 11.5 Å². The van der Waals surface area contributed by atoms with Crippen molar-refractivity contribution >= 4 is 49.7 Å². The molecule has 0 N–H and O–H groups in total. The molecule has 0 aromatic heterocycles. The summed E-state index contributed by atoms with van der Waals surface area (Å²) in [5.74, 6) is 1.72. The summed E-state index contributed by atoms with van der Waals surface area (Å²) in [6, 6.07) is 59.1. The van der Waals surface area contributed by atoms with Gasteiger partial charge in [0.15, 0.2) is 0 Å². The molecular weight excluding hydrogens is 719 g/mol. The van der Waals surface area contributed by atoms with E-state index in [1.54, 1.807) is 0 Å². The van der Waals surface area contributed by atoms with E-state index in [0.29, 0.717) is 0 Å². The zero-order chi connectivity index (χ0) is 33.6. The Kier molecular flexibility index (Phi) is 7.67. The standard InChI is InChI=1S/C48H31IO/c1-2-31(30-49)33-12-14-37-26-39(18-16-35(37)24-33)41-20-22-47-45(28-41)43-10-6-7-11-44(43)46-29-42(21-23-48(46)50-47)40-19-17-36-25-34(13-15-38(36)27-40)32-8-4-3-5-9-32/h2-30H,1H2/b31-30+. The Bertz CT molecular complexity index is 2650. The molecule has 0 unspecified atom stereocenters. The van der Waals surface area contributed by atoms with Crippen LogP contribution in [0.1, 0.15) is 5.56 Å².